The summed E-state index contributed by atoms with van der Waals surface area (Å²) in [7, 11) is 0. The standard InChI is InChI=1S/C10H10F3NO.ClH/c11-10(12,13)6-1-2-7-8(14)3-4-15-9(7)5-6;/h1-2,5,8H,3-4,14H2;1H/t8-;/m0./s1. The van der Waals surface area contributed by atoms with Crippen molar-refractivity contribution in [3.05, 3.63) is 29.3 Å². The highest BCUT2D eigenvalue weighted by molar-refractivity contribution is 5.85. The Morgan fingerprint density at radius 3 is 2.62 bits per heavy atom. The summed E-state index contributed by atoms with van der Waals surface area (Å²) in [5, 5.41) is 0. The topological polar surface area (TPSA) is 35.2 Å². The fourth-order valence-corrected chi connectivity index (χ4v) is 1.59. The van der Waals surface area contributed by atoms with Crippen LogP contribution in [0.3, 0.4) is 0 Å². The summed E-state index contributed by atoms with van der Waals surface area (Å²) in [6, 6.07) is 3.21. The molecule has 0 radical (unpaired) electrons. The predicted octanol–water partition coefficient (Wildman–Crippen LogP) is 2.91. The van der Waals surface area contributed by atoms with Crippen LogP contribution in [0.5, 0.6) is 5.75 Å². The first kappa shape index (κ1) is 13.1. The van der Waals surface area contributed by atoms with Crippen molar-refractivity contribution in [2.45, 2.75) is 18.6 Å². The summed E-state index contributed by atoms with van der Waals surface area (Å²) in [4.78, 5) is 0. The highest BCUT2D eigenvalue weighted by Gasteiger charge is 2.32. The highest BCUT2D eigenvalue weighted by Crippen LogP contribution is 2.36. The molecular formula is C10H11ClF3NO. The number of rotatable bonds is 0. The highest BCUT2D eigenvalue weighted by atomic mass is 35.5. The lowest BCUT2D eigenvalue weighted by Gasteiger charge is -2.23. The van der Waals surface area contributed by atoms with Crippen molar-refractivity contribution in [3.63, 3.8) is 0 Å². The van der Waals surface area contributed by atoms with Crippen molar-refractivity contribution in [1.82, 2.24) is 0 Å². The van der Waals surface area contributed by atoms with E-state index < -0.39 is 11.7 Å². The average Bonchev–Trinajstić information content (AvgIpc) is 2.16. The molecule has 1 atom stereocenters. The monoisotopic (exact) mass is 253 g/mol. The van der Waals surface area contributed by atoms with E-state index in [9.17, 15) is 13.2 Å². The molecule has 2 nitrogen and oxygen atoms in total. The first-order chi connectivity index (χ1) is 6.98. The Balaban J connectivity index is 0.00000128. The summed E-state index contributed by atoms with van der Waals surface area (Å²) in [6.45, 7) is 0.371. The molecule has 0 aliphatic carbocycles. The third kappa shape index (κ3) is 2.41. The van der Waals surface area contributed by atoms with Gasteiger partial charge < -0.3 is 10.5 Å². The van der Waals surface area contributed by atoms with Gasteiger partial charge in [-0.3, -0.25) is 0 Å². The van der Waals surface area contributed by atoms with Crippen LogP contribution >= 0.6 is 12.4 Å². The minimum absolute atomic E-state index is 0. The lowest BCUT2D eigenvalue weighted by Crippen LogP contribution is -2.21. The first-order valence-electron chi connectivity index (χ1n) is 4.58. The van der Waals surface area contributed by atoms with Gasteiger partial charge in [0.2, 0.25) is 0 Å². The molecular weight excluding hydrogens is 243 g/mol. The molecule has 0 fully saturated rings. The summed E-state index contributed by atoms with van der Waals surface area (Å²) in [5.41, 5.74) is 5.69. The van der Waals surface area contributed by atoms with Gasteiger partial charge in [-0.1, -0.05) is 6.07 Å². The van der Waals surface area contributed by atoms with E-state index in [4.69, 9.17) is 10.5 Å². The zero-order valence-electron chi connectivity index (χ0n) is 8.25. The van der Waals surface area contributed by atoms with Crippen molar-refractivity contribution in [1.29, 1.82) is 0 Å². The van der Waals surface area contributed by atoms with Crippen LogP contribution in [-0.4, -0.2) is 6.61 Å². The minimum atomic E-state index is -4.33. The molecule has 2 rings (SSSR count). The largest absolute Gasteiger partial charge is 0.493 e. The second-order valence-corrected chi connectivity index (χ2v) is 3.49. The normalized spacial score (nSPS) is 19.4. The van der Waals surface area contributed by atoms with Crippen LogP contribution in [-0.2, 0) is 6.18 Å². The molecule has 1 aliphatic rings. The Kier molecular flexibility index (Phi) is 3.70. The maximum absolute atomic E-state index is 12.4. The maximum Gasteiger partial charge on any atom is 0.416 e. The molecule has 2 N–H and O–H groups in total. The van der Waals surface area contributed by atoms with Crippen LogP contribution in [0.15, 0.2) is 18.2 Å². The van der Waals surface area contributed by atoms with Crippen LogP contribution in [0.4, 0.5) is 13.2 Å². The van der Waals surface area contributed by atoms with Gasteiger partial charge in [0.15, 0.2) is 0 Å². The van der Waals surface area contributed by atoms with E-state index in [-0.39, 0.29) is 24.2 Å². The number of fused-ring (bicyclic) bond motifs is 1. The molecule has 90 valence electrons. The smallest absolute Gasteiger partial charge is 0.416 e. The molecule has 1 aliphatic heterocycles. The lowest BCUT2D eigenvalue weighted by atomic mass is 9.99. The van der Waals surface area contributed by atoms with Gasteiger partial charge in [0, 0.05) is 18.0 Å². The van der Waals surface area contributed by atoms with Gasteiger partial charge in [-0.25, -0.2) is 0 Å². The second-order valence-electron chi connectivity index (χ2n) is 3.49. The number of ether oxygens (including phenoxy) is 1. The molecule has 1 heterocycles. The molecule has 0 amide bonds. The molecule has 1 aromatic carbocycles. The van der Waals surface area contributed by atoms with Crippen molar-refractivity contribution < 1.29 is 17.9 Å². The third-order valence-corrected chi connectivity index (χ3v) is 2.43. The fourth-order valence-electron chi connectivity index (χ4n) is 1.59. The number of nitrogens with two attached hydrogens (primary N) is 1. The first-order valence-corrected chi connectivity index (χ1v) is 4.58. The number of benzene rings is 1. The molecule has 0 saturated heterocycles. The van der Waals surface area contributed by atoms with E-state index in [1.807, 2.05) is 0 Å². The third-order valence-electron chi connectivity index (χ3n) is 2.43. The van der Waals surface area contributed by atoms with Gasteiger partial charge in [-0.2, -0.15) is 13.2 Å². The van der Waals surface area contributed by atoms with E-state index >= 15 is 0 Å². The van der Waals surface area contributed by atoms with Gasteiger partial charge in [-0.05, 0) is 12.1 Å². The molecule has 0 spiro atoms. The number of hydrogen-bond donors (Lipinski definition) is 1. The molecule has 6 heteroatoms. The molecule has 1 aromatic rings. The van der Waals surface area contributed by atoms with Gasteiger partial charge in [-0.15, -0.1) is 12.4 Å². The van der Waals surface area contributed by atoms with Gasteiger partial charge in [0.05, 0.1) is 12.2 Å². The predicted molar refractivity (Wildman–Crippen MR) is 55.7 cm³/mol. The van der Waals surface area contributed by atoms with Crippen molar-refractivity contribution >= 4 is 12.4 Å². The Hall–Kier alpha value is -0.940. The Morgan fingerprint density at radius 1 is 1.31 bits per heavy atom. The van der Waals surface area contributed by atoms with Crippen LogP contribution in [0.2, 0.25) is 0 Å². The van der Waals surface area contributed by atoms with E-state index in [0.29, 0.717) is 18.6 Å². The van der Waals surface area contributed by atoms with E-state index in [2.05, 4.69) is 0 Å². The van der Waals surface area contributed by atoms with Crippen molar-refractivity contribution in [2.75, 3.05) is 6.61 Å². The Bertz CT molecular complexity index is 381. The second kappa shape index (κ2) is 4.51. The molecule has 0 aromatic heterocycles. The lowest BCUT2D eigenvalue weighted by molar-refractivity contribution is -0.137. The minimum Gasteiger partial charge on any atom is -0.493 e. The van der Waals surface area contributed by atoms with Gasteiger partial charge in [0.25, 0.3) is 0 Å². The summed E-state index contributed by atoms with van der Waals surface area (Å²) < 4.78 is 42.3. The Morgan fingerprint density at radius 2 is 2.00 bits per heavy atom. The Labute approximate surface area is 97.0 Å². The zero-order chi connectivity index (χ0) is 11.1. The van der Waals surface area contributed by atoms with E-state index in [1.54, 1.807) is 0 Å². The zero-order valence-corrected chi connectivity index (χ0v) is 9.07. The SMILES string of the molecule is Cl.N[C@H]1CCOc2cc(C(F)(F)F)ccc21. The molecule has 16 heavy (non-hydrogen) atoms. The van der Waals surface area contributed by atoms with Crippen LogP contribution in [0, 0.1) is 0 Å². The summed E-state index contributed by atoms with van der Waals surface area (Å²) in [5.74, 6) is 0.253. The fraction of sp³-hybridized carbons (Fsp3) is 0.400. The number of halogens is 4. The van der Waals surface area contributed by atoms with Gasteiger partial charge in [0.1, 0.15) is 5.75 Å². The quantitative estimate of drug-likeness (QED) is 0.772. The average molecular weight is 254 g/mol. The van der Waals surface area contributed by atoms with Crippen LogP contribution in [0.25, 0.3) is 0 Å². The van der Waals surface area contributed by atoms with Crippen LogP contribution < -0.4 is 10.5 Å². The van der Waals surface area contributed by atoms with E-state index in [1.165, 1.54) is 6.07 Å². The van der Waals surface area contributed by atoms with Crippen molar-refractivity contribution in [3.8, 4) is 5.75 Å². The summed E-state index contributed by atoms with van der Waals surface area (Å²) in [6.07, 6.45) is -3.70. The maximum atomic E-state index is 12.4. The summed E-state index contributed by atoms with van der Waals surface area (Å²) >= 11 is 0. The van der Waals surface area contributed by atoms with Crippen molar-refractivity contribution in [2.24, 2.45) is 5.73 Å². The number of alkyl halides is 3. The van der Waals surface area contributed by atoms with E-state index in [0.717, 1.165) is 12.1 Å². The molecule has 0 unspecified atom stereocenters. The van der Waals surface area contributed by atoms with Crippen LogP contribution in [0.1, 0.15) is 23.6 Å². The molecule has 0 bridgehead atoms. The molecule has 0 saturated carbocycles. The van der Waals surface area contributed by atoms with Gasteiger partial charge >= 0.3 is 6.18 Å². The number of hydrogen-bond acceptors (Lipinski definition) is 2.